The minimum atomic E-state index is -1.02. The van der Waals surface area contributed by atoms with Crippen molar-refractivity contribution >= 4 is 17.3 Å². The zero-order valence-corrected chi connectivity index (χ0v) is 13.8. The van der Waals surface area contributed by atoms with Crippen molar-refractivity contribution in [2.24, 2.45) is 5.92 Å². The van der Waals surface area contributed by atoms with Crippen molar-refractivity contribution < 1.29 is 18.7 Å². The molecular formula is C18H21F2N3O2. The molecular weight excluding hydrogens is 328 g/mol. The maximum atomic E-state index is 14.6. The number of anilines is 2. The summed E-state index contributed by atoms with van der Waals surface area (Å²) in [5.74, 6) is -1.59. The van der Waals surface area contributed by atoms with E-state index in [-0.39, 0.29) is 24.5 Å². The van der Waals surface area contributed by atoms with Gasteiger partial charge in [0.15, 0.2) is 0 Å². The molecule has 2 heterocycles. The number of carbonyl (C=O) groups is 1. The summed E-state index contributed by atoms with van der Waals surface area (Å²) in [6.07, 6.45) is 2.94. The molecule has 4 rings (SSSR count). The lowest BCUT2D eigenvalue weighted by atomic mass is 10.00. The van der Waals surface area contributed by atoms with Gasteiger partial charge in [0.1, 0.15) is 12.0 Å². The molecule has 0 spiro atoms. The molecule has 0 unspecified atom stereocenters. The van der Waals surface area contributed by atoms with E-state index in [0.717, 1.165) is 12.8 Å². The summed E-state index contributed by atoms with van der Waals surface area (Å²) in [5.41, 5.74) is 1.84. The predicted molar refractivity (Wildman–Crippen MR) is 91.1 cm³/mol. The minimum absolute atomic E-state index is 0.137. The van der Waals surface area contributed by atoms with Gasteiger partial charge >= 0.3 is 5.97 Å². The Bertz CT molecular complexity index is 733. The second kappa shape index (κ2) is 6.29. The van der Waals surface area contributed by atoms with Gasteiger partial charge in [-0.25, -0.2) is 13.6 Å². The van der Waals surface area contributed by atoms with Gasteiger partial charge in [0.05, 0.1) is 11.3 Å². The lowest BCUT2D eigenvalue weighted by Crippen LogP contribution is -2.30. The van der Waals surface area contributed by atoms with Crippen LogP contribution in [-0.4, -0.2) is 42.9 Å². The van der Waals surface area contributed by atoms with Gasteiger partial charge in [-0.2, -0.15) is 0 Å². The molecule has 3 N–H and O–H groups in total. The fraction of sp³-hybridized carbons (Fsp3) is 0.500. The number of carboxylic acid groups (broad SMARTS) is 1. The topological polar surface area (TPSA) is 64.6 Å². The van der Waals surface area contributed by atoms with Crippen molar-refractivity contribution in [2.45, 2.75) is 31.5 Å². The zero-order valence-electron chi connectivity index (χ0n) is 13.8. The van der Waals surface area contributed by atoms with Gasteiger partial charge in [-0.1, -0.05) is 0 Å². The van der Waals surface area contributed by atoms with Crippen molar-refractivity contribution in [1.29, 1.82) is 0 Å². The van der Waals surface area contributed by atoms with Gasteiger partial charge in [-0.3, -0.25) is 0 Å². The maximum absolute atomic E-state index is 14.6. The van der Waals surface area contributed by atoms with Crippen LogP contribution in [0.15, 0.2) is 23.9 Å². The van der Waals surface area contributed by atoms with Crippen molar-refractivity contribution in [1.82, 2.24) is 5.32 Å². The summed E-state index contributed by atoms with van der Waals surface area (Å²) >= 11 is 0. The van der Waals surface area contributed by atoms with Crippen molar-refractivity contribution in [3.05, 3.63) is 35.3 Å². The van der Waals surface area contributed by atoms with E-state index < -0.39 is 18.0 Å². The van der Waals surface area contributed by atoms with E-state index in [9.17, 15) is 13.6 Å². The summed E-state index contributed by atoms with van der Waals surface area (Å²) < 4.78 is 28.9. The van der Waals surface area contributed by atoms with Crippen LogP contribution < -0.4 is 15.5 Å². The molecule has 0 amide bonds. The van der Waals surface area contributed by atoms with Crippen molar-refractivity contribution in [3.63, 3.8) is 0 Å². The van der Waals surface area contributed by atoms with Gasteiger partial charge in [0.2, 0.25) is 0 Å². The minimum Gasteiger partial charge on any atom is -0.478 e. The highest BCUT2D eigenvalue weighted by Gasteiger charge is 2.35. The van der Waals surface area contributed by atoms with E-state index in [0.29, 0.717) is 36.1 Å². The quantitative estimate of drug-likeness (QED) is 0.761. The van der Waals surface area contributed by atoms with Crippen LogP contribution in [0.4, 0.5) is 20.2 Å². The number of rotatable bonds is 5. The standard InChI is InChI=1S/C18H21F2N3O2/c19-14-4-10-3-11(18(24)25)6-22-16(10)5-17(14)23-8-12(15(20)9-23)7-21-13-1-2-13/h4-6,12-13,15,21-22H,1-3,7-9H2,(H,24,25)/t12-,15+/m0/s1. The number of nitrogens with zero attached hydrogens (tertiary/aromatic N) is 1. The fourth-order valence-corrected chi connectivity index (χ4v) is 3.51. The lowest BCUT2D eigenvalue weighted by Gasteiger charge is -2.23. The summed E-state index contributed by atoms with van der Waals surface area (Å²) in [6, 6.07) is 3.54. The number of nitrogens with one attached hydrogen (secondary N) is 2. The van der Waals surface area contributed by atoms with Crippen LogP contribution in [0, 0.1) is 11.7 Å². The Morgan fingerprint density at radius 2 is 2.16 bits per heavy atom. The molecule has 2 aliphatic heterocycles. The van der Waals surface area contributed by atoms with Crippen LogP contribution in [0.1, 0.15) is 18.4 Å². The summed E-state index contributed by atoms with van der Waals surface area (Å²) in [4.78, 5) is 12.8. The normalized spacial score (nSPS) is 25.4. The predicted octanol–water partition coefficient (Wildman–Crippen LogP) is 2.29. The number of carboxylic acids is 1. The first-order valence-corrected chi connectivity index (χ1v) is 8.65. The molecule has 25 heavy (non-hydrogen) atoms. The molecule has 5 nitrogen and oxygen atoms in total. The second-order valence-corrected chi connectivity index (χ2v) is 7.12. The molecule has 1 saturated heterocycles. The Labute approximate surface area is 144 Å². The maximum Gasteiger partial charge on any atom is 0.333 e. The first-order valence-electron chi connectivity index (χ1n) is 8.65. The van der Waals surface area contributed by atoms with Crippen LogP contribution in [0.3, 0.4) is 0 Å². The number of fused-ring (bicyclic) bond motifs is 1. The Morgan fingerprint density at radius 1 is 1.36 bits per heavy atom. The Hall–Kier alpha value is -2.15. The molecule has 134 valence electrons. The average Bonchev–Trinajstić information content (AvgIpc) is 3.34. The van der Waals surface area contributed by atoms with Gasteiger partial charge in [-0.05, 0) is 30.5 Å². The molecule has 1 aliphatic carbocycles. The van der Waals surface area contributed by atoms with Crippen LogP contribution in [0.25, 0.3) is 0 Å². The SMILES string of the molecule is O=C(O)C1=CNc2cc(N3C[C@H](CNC4CC4)[C@H](F)C3)c(F)cc2C1. The molecule has 3 aliphatic rings. The monoisotopic (exact) mass is 349 g/mol. The highest BCUT2D eigenvalue weighted by Crippen LogP contribution is 2.34. The second-order valence-electron chi connectivity index (χ2n) is 7.12. The highest BCUT2D eigenvalue weighted by molar-refractivity contribution is 5.89. The molecule has 2 fully saturated rings. The van der Waals surface area contributed by atoms with E-state index in [1.165, 1.54) is 12.3 Å². The van der Waals surface area contributed by atoms with Gasteiger partial charge in [-0.15, -0.1) is 0 Å². The van der Waals surface area contributed by atoms with Crippen LogP contribution in [0.5, 0.6) is 0 Å². The van der Waals surface area contributed by atoms with E-state index >= 15 is 0 Å². The Morgan fingerprint density at radius 3 is 2.88 bits per heavy atom. The van der Waals surface area contributed by atoms with E-state index in [4.69, 9.17) is 5.11 Å². The van der Waals surface area contributed by atoms with Crippen LogP contribution >= 0.6 is 0 Å². The largest absolute Gasteiger partial charge is 0.478 e. The van der Waals surface area contributed by atoms with Gasteiger partial charge < -0.3 is 20.6 Å². The molecule has 2 atom stereocenters. The number of halogens is 2. The first kappa shape index (κ1) is 16.3. The number of benzene rings is 1. The Kier molecular flexibility index (Phi) is 4.11. The molecule has 0 bridgehead atoms. The number of alkyl halides is 1. The zero-order chi connectivity index (χ0) is 17.6. The van der Waals surface area contributed by atoms with E-state index in [2.05, 4.69) is 10.6 Å². The molecule has 1 saturated carbocycles. The summed E-state index contributed by atoms with van der Waals surface area (Å²) in [5, 5.41) is 15.3. The summed E-state index contributed by atoms with van der Waals surface area (Å²) in [6.45, 7) is 1.29. The molecule has 1 aromatic rings. The van der Waals surface area contributed by atoms with Crippen LogP contribution in [-0.2, 0) is 11.2 Å². The smallest absolute Gasteiger partial charge is 0.333 e. The number of hydrogen-bond acceptors (Lipinski definition) is 4. The highest BCUT2D eigenvalue weighted by atomic mass is 19.1. The van der Waals surface area contributed by atoms with E-state index in [1.54, 1.807) is 11.0 Å². The van der Waals surface area contributed by atoms with E-state index in [1.807, 2.05) is 0 Å². The molecule has 1 aromatic carbocycles. The third kappa shape index (κ3) is 3.33. The molecule has 7 heteroatoms. The number of aliphatic carboxylic acids is 1. The summed E-state index contributed by atoms with van der Waals surface area (Å²) in [7, 11) is 0. The van der Waals surface area contributed by atoms with Gasteiger partial charge in [0, 0.05) is 49.9 Å². The van der Waals surface area contributed by atoms with Crippen molar-refractivity contribution in [2.75, 3.05) is 29.9 Å². The van der Waals surface area contributed by atoms with Crippen molar-refractivity contribution in [3.8, 4) is 0 Å². The lowest BCUT2D eigenvalue weighted by molar-refractivity contribution is -0.132. The van der Waals surface area contributed by atoms with Gasteiger partial charge in [0.25, 0.3) is 0 Å². The fourth-order valence-electron chi connectivity index (χ4n) is 3.51. The third-order valence-electron chi connectivity index (χ3n) is 5.18. The Balaban J connectivity index is 1.49. The first-order chi connectivity index (χ1) is 12.0. The molecule has 0 aromatic heterocycles. The van der Waals surface area contributed by atoms with Crippen LogP contribution in [0.2, 0.25) is 0 Å². The number of hydrogen-bond donors (Lipinski definition) is 3. The molecule has 0 radical (unpaired) electrons. The third-order valence-corrected chi connectivity index (χ3v) is 5.18. The average molecular weight is 349 g/mol.